The van der Waals surface area contributed by atoms with E-state index in [4.69, 9.17) is 11.6 Å². The van der Waals surface area contributed by atoms with Gasteiger partial charge >= 0.3 is 0 Å². The van der Waals surface area contributed by atoms with Gasteiger partial charge in [-0.05, 0) is 26.0 Å². The van der Waals surface area contributed by atoms with Crippen LogP contribution in [0.3, 0.4) is 0 Å². The predicted molar refractivity (Wildman–Crippen MR) is 90.8 cm³/mol. The van der Waals surface area contributed by atoms with Gasteiger partial charge in [-0.25, -0.2) is 4.98 Å². The van der Waals surface area contributed by atoms with Gasteiger partial charge in [0.2, 0.25) is 0 Å². The average Bonchev–Trinajstić information content (AvgIpc) is 2.88. The molecule has 0 saturated heterocycles. The van der Waals surface area contributed by atoms with Crippen LogP contribution in [-0.4, -0.2) is 28.4 Å². The van der Waals surface area contributed by atoms with Crippen molar-refractivity contribution in [3.63, 3.8) is 0 Å². The van der Waals surface area contributed by atoms with Crippen molar-refractivity contribution in [3.8, 4) is 0 Å². The summed E-state index contributed by atoms with van der Waals surface area (Å²) < 4.78 is 0. The smallest absolute Gasteiger partial charge is 0.258 e. The first-order chi connectivity index (χ1) is 10.5. The number of nitrogens with one attached hydrogen (secondary N) is 1. The van der Waals surface area contributed by atoms with Gasteiger partial charge in [-0.3, -0.25) is 15.0 Å². The standard InChI is InChI=1S/C16H18ClN3OS/c1-10(2)20-8-7-13-14(9-20)22-16(18-13)19-15(21)11-5-3-4-6-12(11)17/h3-6,10H,7-9H2,1-2H3,(H,18,19,21). The molecule has 116 valence electrons. The number of carbonyl (C=O) groups excluding carboxylic acids is 1. The van der Waals surface area contributed by atoms with Crippen LogP contribution in [0.5, 0.6) is 0 Å². The molecule has 1 aromatic heterocycles. The van der Waals surface area contributed by atoms with Crippen LogP contribution in [0.1, 0.15) is 34.8 Å². The number of carbonyl (C=O) groups is 1. The Morgan fingerprint density at radius 1 is 1.41 bits per heavy atom. The zero-order valence-corrected chi connectivity index (χ0v) is 14.2. The van der Waals surface area contributed by atoms with Crippen LogP contribution in [0.25, 0.3) is 0 Å². The number of aromatic nitrogens is 1. The topological polar surface area (TPSA) is 45.2 Å². The number of thiazole rings is 1. The zero-order valence-electron chi connectivity index (χ0n) is 12.6. The summed E-state index contributed by atoms with van der Waals surface area (Å²) in [5.74, 6) is -0.211. The summed E-state index contributed by atoms with van der Waals surface area (Å²) in [6.45, 7) is 6.33. The fourth-order valence-electron chi connectivity index (χ4n) is 2.52. The van der Waals surface area contributed by atoms with Crippen molar-refractivity contribution in [2.45, 2.75) is 32.9 Å². The molecule has 2 aromatic rings. The van der Waals surface area contributed by atoms with E-state index in [1.165, 1.54) is 4.88 Å². The molecule has 0 fully saturated rings. The number of fused-ring (bicyclic) bond motifs is 1. The minimum absolute atomic E-state index is 0.211. The van der Waals surface area contributed by atoms with Gasteiger partial charge in [0.15, 0.2) is 5.13 Å². The third kappa shape index (κ3) is 3.16. The molecule has 4 nitrogen and oxygen atoms in total. The molecule has 2 heterocycles. The molecule has 1 N–H and O–H groups in total. The highest BCUT2D eigenvalue weighted by Gasteiger charge is 2.23. The van der Waals surface area contributed by atoms with Crippen LogP contribution in [0.4, 0.5) is 5.13 Å². The lowest BCUT2D eigenvalue weighted by Gasteiger charge is -2.29. The first kappa shape index (κ1) is 15.5. The number of benzene rings is 1. The number of halogens is 1. The highest BCUT2D eigenvalue weighted by atomic mass is 35.5. The SMILES string of the molecule is CC(C)N1CCc2nc(NC(=O)c3ccccc3Cl)sc2C1. The van der Waals surface area contributed by atoms with Crippen molar-refractivity contribution < 1.29 is 4.79 Å². The predicted octanol–water partition coefficient (Wildman–Crippen LogP) is 3.82. The van der Waals surface area contributed by atoms with Gasteiger partial charge < -0.3 is 0 Å². The first-order valence-electron chi connectivity index (χ1n) is 7.33. The Bertz CT molecular complexity index is 698. The number of anilines is 1. The zero-order chi connectivity index (χ0) is 15.7. The molecular weight excluding hydrogens is 318 g/mol. The molecule has 0 aliphatic carbocycles. The number of hydrogen-bond donors (Lipinski definition) is 1. The Labute approximate surface area is 139 Å². The van der Waals surface area contributed by atoms with Gasteiger partial charge in [0, 0.05) is 30.4 Å². The molecule has 1 amide bonds. The molecule has 1 aromatic carbocycles. The van der Waals surface area contributed by atoms with Gasteiger partial charge in [-0.15, -0.1) is 11.3 Å². The summed E-state index contributed by atoms with van der Waals surface area (Å²) in [5.41, 5.74) is 1.58. The molecule has 0 saturated carbocycles. The minimum Gasteiger partial charge on any atom is -0.298 e. The fourth-order valence-corrected chi connectivity index (χ4v) is 3.77. The maximum Gasteiger partial charge on any atom is 0.258 e. The van der Waals surface area contributed by atoms with E-state index in [9.17, 15) is 4.79 Å². The molecule has 1 aliphatic rings. The maximum atomic E-state index is 12.3. The van der Waals surface area contributed by atoms with Crippen LogP contribution in [0.15, 0.2) is 24.3 Å². The van der Waals surface area contributed by atoms with Crippen molar-refractivity contribution in [2.75, 3.05) is 11.9 Å². The van der Waals surface area contributed by atoms with Crippen molar-refractivity contribution in [1.82, 2.24) is 9.88 Å². The van der Waals surface area contributed by atoms with E-state index >= 15 is 0 Å². The Balaban J connectivity index is 1.75. The van der Waals surface area contributed by atoms with Crippen LogP contribution in [0, 0.1) is 0 Å². The van der Waals surface area contributed by atoms with E-state index in [0.717, 1.165) is 25.2 Å². The Morgan fingerprint density at radius 2 is 2.18 bits per heavy atom. The van der Waals surface area contributed by atoms with Crippen LogP contribution in [0.2, 0.25) is 5.02 Å². The van der Waals surface area contributed by atoms with E-state index in [-0.39, 0.29) is 5.91 Å². The van der Waals surface area contributed by atoms with Gasteiger partial charge in [-0.2, -0.15) is 0 Å². The summed E-state index contributed by atoms with van der Waals surface area (Å²) in [4.78, 5) is 20.5. The fraction of sp³-hybridized carbons (Fsp3) is 0.375. The summed E-state index contributed by atoms with van der Waals surface area (Å²) in [6, 6.07) is 7.56. The quantitative estimate of drug-likeness (QED) is 0.927. The lowest BCUT2D eigenvalue weighted by molar-refractivity contribution is 0.102. The monoisotopic (exact) mass is 335 g/mol. The minimum atomic E-state index is -0.211. The second kappa shape index (κ2) is 6.36. The molecule has 3 rings (SSSR count). The number of hydrogen-bond acceptors (Lipinski definition) is 4. The highest BCUT2D eigenvalue weighted by molar-refractivity contribution is 7.15. The molecule has 1 aliphatic heterocycles. The van der Waals surface area contributed by atoms with Gasteiger partial charge in [0.1, 0.15) is 0 Å². The van der Waals surface area contributed by atoms with Crippen molar-refractivity contribution in [2.24, 2.45) is 0 Å². The average molecular weight is 336 g/mol. The second-order valence-corrected chi connectivity index (χ2v) is 7.13. The van der Waals surface area contributed by atoms with Crippen LogP contribution in [-0.2, 0) is 13.0 Å². The molecule has 0 radical (unpaired) electrons. The molecular formula is C16H18ClN3OS. The van der Waals surface area contributed by atoms with E-state index in [0.29, 0.717) is 21.8 Å². The van der Waals surface area contributed by atoms with Crippen LogP contribution < -0.4 is 5.32 Å². The summed E-state index contributed by atoms with van der Waals surface area (Å²) >= 11 is 7.61. The Hall–Kier alpha value is -1.43. The van der Waals surface area contributed by atoms with Crippen molar-refractivity contribution in [1.29, 1.82) is 0 Å². The summed E-state index contributed by atoms with van der Waals surface area (Å²) in [5, 5.41) is 3.97. The third-order valence-corrected chi connectivity index (χ3v) is 5.16. The van der Waals surface area contributed by atoms with E-state index in [1.807, 2.05) is 6.07 Å². The van der Waals surface area contributed by atoms with E-state index < -0.39 is 0 Å². The Kier molecular flexibility index (Phi) is 4.47. The third-order valence-electron chi connectivity index (χ3n) is 3.83. The number of rotatable bonds is 3. The normalized spacial score (nSPS) is 14.9. The lowest BCUT2D eigenvalue weighted by atomic mass is 10.1. The first-order valence-corrected chi connectivity index (χ1v) is 8.52. The molecule has 0 unspecified atom stereocenters. The lowest BCUT2D eigenvalue weighted by Crippen LogP contribution is -2.35. The van der Waals surface area contributed by atoms with Crippen molar-refractivity contribution in [3.05, 3.63) is 45.4 Å². The molecule has 22 heavy (non-hydrogen) atoms. The second-order valence-electron chi connectivity index (χ2n) is 5.64. The largest absolute Gasteiger partial charge is 0.298 e. The maximum absolute atomic E-state index is 12.3. The summed E-state index contributed by atoms with van der Waals surface area (Å²) in [6.07, 6.45) is 0.936. The molecule has 0 bridgehead atoms. The molecule has 0 spiro atoms. The molecule has 6 heteroatoms. The van der Waals surface area contributed by atoms with Gasteiger partial charge in [0.05, 0.1) is 16.3 Å². The molecule has 0 atom stereocenters. The van der Waals surface area contributed by atoms with Crippen LogP contribution >= 0.6 is 22.9 Å². The Morgan fingerprint density at radius 3 is 2.91 bits per heavy atom. The van der Waals surface area contributed by atoms with E-state index in [2.05, 4.69) is 29.0 Å². The number of nitrogens with zero attached hydrogens (tertiary/aromatic N) is 2. The van der Waals surface area contributed by atoms with Crippen molar-refractivity contribution >= 4 is 34.0 Å². The summed E-state index contributed by atoms with van der Waals surface area (Å²) in [7, 11) is 0. The van der Waals surface area contributed by atoms with Gasteiger partial charge in [-0.1, -0.05) is 23.7 Å². The van der Waals surface area contributed by atoms with Gasteiger partial charge in [0.25, 0.3) is 5.91 Å². The van der Waals surface area contributed by atoms with E-state index in [1.54, 1.807) is 29.5 Å². The highest BCUT2D eigenvalue weighted by Crippen LogP contribution is 2.29. The number of amides is 1.